The zero-order valence-electron chi connectivity index (χ0n) is 10.9. The molecule has 0 aliphatic rings. The molecule has 0 aromatic heterocycles. The topological polar surface area (TPSA) is 9.23 Å². The van der Waals surface area contributed by atoms with Crippen LogP contribution in [0.3, 0.4) is 0 Å². The van der Waals surface area contributed by atoms with Gasteiger partial charge in [0.2, 0.25) is 0 Å². The summed E-state index contributed by atoms with van der Waals surface area (Å²) in [5, 5.41) is 0. The first kappa shape index (κ1) is 13.6. The monoisotopic (exact) mass is 230 g/mol. The molecular formula is C16H22O. The van der Waals surface area contributed by atoms with E-state index in [9.17, 15) is 0 Å². The van der Waals surface area contributed by atoms with Crippen LogP contribution in [0.1, 0.15) is 31.7 Å². The highest BCUT2D eigenvalue weighted by Gasteiger charge is 1.95. The lowest BCUT2D eigenvalue weighted by molar-refractivity contribution is 0.414. The van der Waals surface area contributed by atoms with Crippen LogP contribution in [-0.2, 0) is 6.42 Å². The smallest absolute Gasteiger partial charge is 0.118 e. The van der Waals surface area contributed by atoms with Crippen molar-refractivity contribution in [3.63, 3.8) is 0 Å². The minimum atomic E-state index is 0.926. The second kappa shape index (κ2) is 7.72. The van der Waals surface area contributed by atoms with Crippen LogP contribution in [0.25, 0.3) is 0 Å². The molecule has 0 bridgehead atoms. The molecule has 0 heterocycles. The average Bonchev–Trinajstić information content (AvgIpc) is 2.36. The van der Waals surface area contributed by atoms with E-state index in [1.165, 1.54) is 24.0 Å². The fraction of sp³-hybridized carbons (Fsp3) is 0.375. The molecule has 1 aromatic carbocycles. The summed E-state index contributed by atoms with van der Waals surface area (Å²) in [6.45, 7) is 6.04. The van der Waals surface area contributed by atoms with Crippen LogP contribution in [0.2, 0.25) is 0 Å². The van der Waals surface area contributed by atoms with Crippen LogP contribution in [0, 0.1) is 0 Å². The van der Waals surface area contributed by atoms with Crippen molar-refractivity contribution in [3.8, 4) is 5.75 Å². The molecule has 0 aliphatic heterocycles. The molecule has 0 fully saturated rings. The lowest BCUT2D eigenvalue weighted by atomic mass is 10.0. The Hall–Kier alpha value is -1.50. The number of benzene rings is 1. The average molecular weight is 230 g/mol. The summed E-state index contributed by atoms with van der Waals surface area (Å²) in [5.41, 5.74) is 2.60. The molecule has 1 aromatic rings. The number of hydrogen-bond acceptors (Lipinski definition) is 1. The predicted octanol–water partition coefficient (Wildman–Crippen LogP) is 4.54. The van der Waals surface area contributed by atoms with Crippen molar-refractivity contribution in [2.24, 2.45) is 0 Å². The first-order valence-corrected chi connectivity index (χ1v) is 6.19. The largest absolute Gasteiger partial charge is 0.497 e. The highest BCUT2D eigenvalue weighted by atomic mass is 16.5. The zero-order valence-corrected chi connectivity index (χ0v) is 10.9. The van der Waals surface area contributed by atoms with Gasteiger partial charge in [0.15, 0.2) is 0 Å². The lowest BCUT2D eigenvalue weighted by Crippen LogP contribution is -1.88. The summed E-state index contributed by atoms with van der Waals surface area (Å²) in [4.78, 5) is 0. The molecule has 17 heavy (non-hydrogen) atoms. The van der Waals surface area contributed by atoms with Gasteiger partial charge in [0.05, 0.1) is 7.11 Å². The van der Waals surface area contributed by atoms with E-state index in [-0.39, 0.29) is 0 Å². The normalized spacial score (nSPS) is 10.7. The molecule has 0 N–H and O–H groups in total. The number of aryl methyl sites for hydroxylation is 1. The van der Waals surface area contributed by atoms with Gasteiger partial charge in [-0.25, -0.2) is 0 Å². The molecular weight excluding hydrogens is 208 g/mol. The maximum Gasteiger partial charge on any atom is 0.118 e. The van der Waals surface area contributed by atoms with E-state index < -0.39 is 0 Å². The molecule has 1 rings (SSSR count). The molecule has 1 nitrogen and oxygen atoms in total. The molecule has 0 atom stereocenters. The Labute approximate surface area is 105 Å². The fourth-order valence-electron chi connectivity index (χ4n) is 1.79. The summed E-state index contributed by atoms with van der Waals surface area (Å²) in [7, 11) is 1.70. The summed E-state index contributed by atoms with van der Waals surface area (Å²) in [6, 6.07) is 8.32. The molecule has 0 aliphatic carbocycles. The Morgan fingerprint density at radius 3 is 2.53 bits per heavy atom. The number of methoxy groups -OCH3 is 1. The Kier molecular flexibility index (Phi) is 6.16. The third kappa shape index (κ3) is 5.39. The van der Waals surface area contributed by atoms with Crippen molar-refractivity contribution in [2.75, 3.05) is 7.11 Å². The zero-order chi connectivity index (χ0) is 12.5. The van der Waals surface area contributed by atoms with E-state index >= 15 is 0 Å². The van der Waals surface area contributed by atoms with Gasteiger partial charge in [0.1, 0.15) is 5.75 Å². The first-order valence-electron chi connectivity index (χ1n) is 6.19. The predicted molar refractivity (Wildman–Crippen MR) is 74.5 cm³/mol. The number of unbranched alkanes of at least 4 members (excludes halogenated alkanes) is 1. The molecule has 0 saturated carbocycles. The van der Waals surface area contributed by atoms with Crippen LogP contribution in [-0.4, -0.2) is 7.11 Å². The van der Waals surface area contributed by atoms with Gasteiger partial charge in [-0.1, -0.05) is 36.4 Å². The molecule has 0 saturated heterocycles. The highest BCUT2D eigenvalue weighted by Crippen LogP contribution is 2.14. The van der Waals surface area contributed by atoms with Crippen molar-refractivity contribution in [2.45, 2.75) is 32.6 Å². The van der Waals surface area contributed by atoms with Gasteiger partial charge in [0.25, 0.3) is 0 Å². The molecule has 1 heteroatoms. The number of ether oxygens (including phenoxy) is 1. The lowest BCUT2D eigenvalue weighted by Gasteiger charge is -2.04. The van der Waals surface area contributed by atoms with E-state index in [0.717, 1.165) is 18.6 Å². The van der Waals surface area contributed by atoms with Crippen LogP contribution in [0.15, 0.2) is 48.6 Å². The third-order valence-corrected chi connectivity index (χ3v) is 2.77. The van der Waals surface area contributed by atoms with Crippen LogP contribution >= 0.6 is 0 Å². The molecule has 0 unspecified atom stereocenters. The first-order chi connectivity index (χ1) is 8.26. The number of hydrogen-bond donors (Lipinski definition) is 0. The summed E-state index contributed by atoms with van der Waals surface area (Å²) in [5.74, 6) is 0.926. The minimum absolute atomic E-state index is 0.926. The summed E-state index contributed by atoms with van der Waals surface area (Å²) >= 11 is 0. The molecule has 92 valence electrons. The van der Waals surface area contributed by atoms with Crippen LogP contribution in [0.4, 0.5) is 0 Å². The summed E-state index contributed by atoms with van der Waals surface area (Å²) in [6.07, 6.45) is 8.78. The van der Waals surface area contributed by atoms with E-state index in [2.05, 4.69) is 24.8 Å². The second-order valence-corrected chi connectivity index (χ2v) is 4.21. The van der Waals surface area contributed by atoms with Crippen molar-refractivity contribution in [3.05, 3.63) is 54.1 Å². The quantitative estimate of drug-likeness (QED) is 0.493. The molecule has 0 radical (unpaired) electrons. The van der Waals surface area contributed by atoms with Crippen molar-refractivity contribution < 1.29 is 4.74 Å². The Balaban J connectivity index is 2.24. The highest BCUT2D eigenvalue weighted by molar-refractivity contribution is 5.27. The van der Waals surface area contributed by atoms with Crippen LogP contribution < -0.4 is 4.74 Å². The molecule has 0 amide bonds. The SMILES string of the molecule is C=C(/C=C\C)CCCCc1ccc(OC)cc1. The van der Waals surface area contributed by atoms with Gasteiger partial charge < -0.3 is 4.74 Å². The van der Waals surface area contributed by atoms with Crippen molar-refractivity contribution in [1.29, 1.82) is 0 Å². The molecule has 0 spiro atoms. The van der Waals surface area contributed by atoms with E-state index in [1.54, 1.807) is 7.11 Å². The second-order valence-electron chi connectivity index (χ2n) is 4.21. The van der Waals surface area contributed by atoms with Gasteiger partial charge in [0, 0.05) is 0 Å². The minimum Gasteiger partial charge on any atom is -0.497 e. The van der Waals surface area contributed by atoms with E-state index in [0.29, 0.717) is 0 Å². The third-order valence-electron chi connectivity index (χ3n) is 2.77. The number of allylic oxidation sites excluding steroid dienone is 3. The van der Waals surface area contributed by atoms with Gasteiger partial charge in [-0.2, -0.15) is 0 Å². The maximum absolute atomic E-state index is 5.13. The van der Waals surface area contributed by atoms with Crippen molar-refractivity contribution in [1.82, 2.24) is 0 Å². The number of rotatable bonds is 7. The maximum atomic E-state index is 5.13. The standard InChI is InChI=1S/C16H22O/c1-4-7-14(2)8-5-6-9-15-10-12-16(17-3)13-11-15/h4,7,10-13H,2,5-6,8-9H2,1,3H3/b7-4-. The Morgan fingerprint density at radius 1 is 1.24 bits per heavy atom. The summed E-state index contributed by atoms with van der Waals surface area (Å²) < 4.78 is 5.13. The van der Waals surface area contributed by atoms with Gasteiger partial charge in [-0.05, 0) is 50.3 Å². The van der Waals surface area contributed by atoms with Crippen molar-refractivity contribution >= 4 is 0 Å². The van der Waals surface area contributed by atoms with Crippen LogP contribution in [0.5, 0.6) is 5.75 Å². The van der Waals surface area contributed by atoms with Gasteiger partial charge in [-0.15, -0.1) is 0 Å². The fourth-order valence-corrected chi connectivity index (χ4v) is 1.79. The Morgan fingerprint density at radius 2 is 1.94 bits per heavy atom. The van der Waals surface area contributed by atoms with E-state index in [4.69, 9.17) is 4.74 Å². The van der Waals surface area contributed by atoms with Gasteiger partial charge in [-0.3, -0.25) is 0 Å². The van der Waals surface area contributed by atoms with Gasteiger partial charge >= 0.3 is 0 Å². The Bertz CT molecular complexity index is 360. The van der Waals surface area contributed by atoms with E-state index in [1.807, 2.05) is 25.1 Å².